The van der Waals surface area contributed by atoms with Gasteiger partial charge in [-0.15, -0.1) is 0 Å². The molecule has 15 heavy (non-hydrogen) atoms. The lowest BCUT2D eigenvalue weighted by Gasteiger charge is -2.21. The smallest absolute Gasteiger partial charge is 0.231 e. The van der Waals surface area contributed by atoms with Crippen LogP contribution >= 0.6 is 0 Å². The van der Waals surface area contributed by atoms with E-state index in [1.807, 2.05) is 20.8 Å². The van der Waals surface area contributed by atoms with Gasteiger partial charge in [-0.1, -0.05) is 20.8 Å². The molecule has 1 aromatic rings. The van der Waals surface area contributed by atoms with Crippen LogP contribution in [0.4, 0.5) is 11.5 Å². The van der Waals surface area contributed by atoms with E-state index >= 15 is 0 Å². The maximum atomic E-state index is 11.9. The van der Waals surface area contributed by atoms with Crippen molar-refractivity contribution in [1.82, 2.24) is 9.78 Å². The van der Waals surface area contributed by atoms with Crippen LogP contribution in [-0.2, 0) is 11.8 Å². The summed E-state index contributed by atoms with van der Waals surface area (Å²) in [5.41, 5.74) is 5.77. The molecule has 0 saturated heterocycles. The molecule has 0 aliphatic carbocycles. The number of rotatable bonds is 3. The highest BCUT2D eigenvalue weighted by atomic mass is 16.2. The summed E-state index contributed by atoms with van der Waals surface area (Å²) in [5, 5.41) is 6.74. The fourth-order valence-corrected chi connectivity index (χ4v) is 1.04. The van der Waals surface area contributed by atoms with Crippen LogP contribution in [0.5, 0.6) is 0 Å². The van der Waals surface area contributed by atoms with Gasteiger partial charge in [0.1, 0.15) is 0 Å². The molecule has 0 atom stereocenters. The van der Waals surface area contributed by atoms with Crippen LogP contribution in [0.15, 0.2) is 6.20 Å². The summed E-state index contributed by atoms with van der Waals surface area (Å²) in [4.78, 5) is 11.9. The van der Waals surface area contributed by atoms with E-state index in [-0.39, 0.29) is 5.91 Å². The molecule has 5 nitrogen and oxygen atoms in total. The second-order valence-electron chi connectivity index (χ2n) is 4.26. The molecular formula is C10H18N4O. The summed E-state index contributed by atoms with van der Waals surface area (Å²) >= 11 is 0. The normalized spacial score (nSPS) is 11.5. The molecule has 1 rings (SSSR count). The third-order valence-corrected chi connectivity index (χ3v) is 2.70. The number of aryl methyl sites for hydroxylation is 1. The van der Waals surface area contributed by atoms with E-state index in [9.17, 15) is 4.79 Å². The highest BCUT2D eigenvalue weighted by molar-refractivity contribution is 5.96. The van der Waals surface area contributed by atoms with Crippen LogP contribution in [-0.4, -0.2) is 15.7 Å². The van der Waals surface area contributed by atoms with E-state index < -0.39 is 5.41 Å². The highest BCUT2D eigenvalue weighted by Gasteiger charge is 2.26. The molecule has 5 heteroatoms. The van der Waals surface area contributed by atoms with Crippen molar-refractivity contribution >= 4 is 17.4 Å². The van der Waals surface area contributed by atoms with Crippen LogP contribution in [0.2, 0.25) is 0 Å². The van der Waals surface area contributed by atoms with Gasteiger partial charge in [0.25, 0.3) is 0 Å². The van der Waals surface area contributed by atoms with E-state index in [1.54, 1.807) is 11.7 Å². The van der Waals surface area contributed by atoms with Gasteiger partial charge in [0.05, 0.1) is 11.9 Å². The Labute approximate surface area is 89.6 Å². The number of nitrogen functional groups attached to an aromatic ring is 1. The van der Waals surface area contributed by atoms with Gasteiger partial charge >= 0.3 is 0 Å². The molecule has 0 saturated carbocycles. The van der Waals surface area contributed by atoms with E-state index in [0.717, 1.165) is 6.42 Å². The molecule has 0 spiro atoms. The molecule has 0 aliphatic heterocycles. The van der Waals surface area contributed by atoms with Crippen molar-refractivity contribution in [2.24, 2.45) is 12.5 Å². The van der Waals surface area contributed by atoms with Crippen LogP contribution in [0.3, 0.4) is 0 Å². The maximum Gasteiger partial charge on any atom is 0.231 e. The average Bonchev–Trinajstić information content (AvgIpc) is 2.49. The Morgan fingerprint density at radius 3 is 2.67 bits per heavy atom. The topological polar surface area (TPSA) is 72.9 Å². The molecule has 0 bridgehead atoms. The van der Waals surface area contributed by atoms with Gasteiger partial charge in [-0.2, -0.15) is 5.10 Å². The predicted molar refractivity (Wildman–Crippen MR) is 60.3 cm³/mol. The lowest BCUT2D eigenvalue weighted by molar-refractivity contribution is -0.124. The molecule has 3 N–H and O–H groups in total. The number of amides is 1. The standard InChI is InChI=1S/C10H18N4O/c1-5-10(2,3)9(15)13-8-7(11)6-12-14(8)4/h6H,5,11H2,1-4H3,(H,13,15). The van der Waals surface area contributed by atoms with Crippen molar-refractivity contribution in [3.8, 4) is 0 Å². The number of nitrogens with two attached hydrogens (primary N) is 1. The molecule has 1 aromatic heterocycles. The second-order valence-corrected chi connectivity index (χ2v) is 4.26. The summed E-state index contributed by atoms with van der Waals surface area (Å²) in [6.45, 7) is 5.77. The maximum absolute atomic E-state index is 11.9. The Balaban J connectivity index is 2.84. The third-order valence-electron chi connectivity index (χ3n) is 2.70. The molecule has 1 amide bonds. The first-order valence-corrected chi connectivity index (χ1v) is 4.97. The van der Waals surface area contributed by atoms with Crippen molar-refractivity contribution < 1.29 is 4.79 Å². The lowest BCUT2D eigenvalue weighted by Crippen LogP contribution is -2.31. The van der Waals surface area contributed by atoms with Gasteiger partial charge in [0, 0.05) is 12.5 Å². The van der Waals surface area contributed by atoms with Crippen molar-refractivity contribution in [3.63, 3.8) is 0 Å². The Kier molecular flexibility index (Phi) is 3.02. The zero-order valence-corrected chi connectivity index (χ0v) is 9.66. The molecule has 0 unspecified atom stereocenters. The molecule has 0 radical (unpaired) electrons. The number of anilines is 2. The molecule has 84 valence electrons. The number of carbonyl (C=O) groups is 1. The van der Waals surface area contributed by atoms with E-state index in [0.29, 0.717) is 11.5 Å². The van der Waals surface area contributed by atoms with Crippen molar-refractivity contribution in [3.05, 3.63) is 6.20 Å². The SMILES string of the molecule is CCC(C)(C)C(=O)Nc1c(N)cnn1C. The van der Waals surface area contributed by atoms with Crippen LogP contribution in [0.25, 0.3) is 0 Å². The van der Waals surface area contributed by atoms with E-state index in [4.69, 9.17) is 5.73 Å². The zero-order chi connectivity index (χ0) is 11.6. The molecule has 1 heterocycles. The first-order valence-electron chi connectivity index (χ1n) is 4.97. The number of nitrogens with zero attached hydrogens (tertiary/aromatic N) is 2. The van der Waals surface area contributed by atoms with Gasteiger partial charge in [0.15, 0.2) is 5.82 Å². The molecule has 0 fully saturated rings. The fraction of sp³-hybridized carbons (Fsp3) is 0.600. The fourth-order valence-electron chi connectivity index (χ4n) is 1.04. The summed E-state index contributed by atoms with van der Waals surface area (Å²) in [7, 11) is 1.74. The van der Waals surface area contributed by atoms with Gasteiger partial charge in [-0.25, -0.2) is 0 Å². The van der Waals surface area contributed by atoms with Gasteiger partial charge in [0.2, 0.25) is 5.91 Å². The van der Waals surface area contributed by atoms with Crippen LogP contribution in [0.1, 0.15) is 27.2 Å². The summed E-state index contributed by atoms with van der Waals surface area (Å²) < 4.78 is 1.55. The molecular weight excluding hydrogens is 192 g/mol. The highest BCUT2D eigenvalue weighted by Crippen LogP contribution is 2.24. The van der Waals surface area contributed by atoms with Crippen molar-refractivity contribution in [2.75, 3.05) is 11.1 Å². The number of carbonyl (C=O) groups excluding carboxylic acids is 1. The average molecular weight is 210 g/mol. The predicted octanol–water partition coefficient (Wildman–Crippen LogP) is 1.38. The Morgan fingerprint density at radius 2 is 2.27 bits per heavy atom. The summed E-state index contributed by atoms with van der Waals surface area (Å²) in [6.07, 6.45) is 2.30. The van der Waals surface area contributed by atoms with Gasteiger partial charge in [-0.05, 0) is 6.42 Å². The summed E-state index contributed by atoms with van der Waals surface area (Å²) in [5.74, 6) is 0.516. The lowest BCUT2D eigenvalue weighted by atomic mass is 9.89. The number of aromatic nitrogens is 2. The first kappa shape index (κ1) is 11.6. The number of hydrogen-bond acceptors (Lipinski definition) is 3. The third kappa shape index (κ3) is 2.29. The number of nitrogens with one attached hydrogen (secondary N) is 1. The number of hydrogen-bond donors (Lipinski definition) is 2. The van der Waals surface area contributed by atoms with Crippen LogP contribution in [0, 0.1) is 5.41 Å². The molecule has 0 aromatic carbocycles. The zero-order valence-electron chi connectivity index (χ0n) is 9.66. The quantitative estimate of drug-likeness (QED) is 0.791. The van der Waals surface area contributed by atoms with Gasteiger partial charge < -0.3 is 11.1 Å². The second kappa shape index (κ2) is 3.92. The van der Waals surface area contributed by atoms with Crippen LogP contribution < -0.4 is 11.1 Å². The van der Waals surface area contributed by atoms with E-state index in [1.165, 1.54) is 6.20 Å². The van der Waals surface area contributed by atoms with Gasteiger partial charge in [-0.3, -0.25) is 9.48 Å². The Bertz CT molecular complexity index is 348. The van der Waals surface area contributed by atoms with Crippen molar-refractivity contribution in [1.29, 1.82) is 0 Å². The summed E-state index contributed by atoms with van der Waals surface area (Å²) in [6, 6.07) is 0. The van der Waals surface area contributed by atoms with E-state index in [2.05, 4.69) is 10.4 Å². The Morgan fingerprint density at radius 1 is 1.67 bits per heavy atom. The van der Waals surface area contributed by atoms with Crippen molar-refractivity contribution in [2.45, 2.75) is 27.2 Å². The monoisotopic (exact) mass is 210 g/mol. The Hall–Kier alpha value is -1.52. The molecule has 0 aliphatic rings. The minimum absolute atomic E-state index is 0.0414. The minimum Gasteiger partial charge on any atom is -0.394 e. The minimum atomic E-state index is -0.392. The largest absolute Gasteiger partial charge is 0.394 e. The first-order chi connectivity index (χ1) is 6.88.